The van der Waals surface area contributed by atoms with E-state index in [1.165, 1.54) is 6.08 Å². The molecule has 4 nitrogen and oxygen atoms in total. The second kappa shape index (κ2) is 5.88. The lowest BCUT2D eigenvalue weighted by Crippen LogP contribution is -2.15. The van der Waals surface area contributed by atoms with Crippen LogP contribution in [0, 0.1) is 6.92 Å². The summed E-state index contributed by atoms with van der Waals surface area (Å²) < 4.78 is 5.70. The molecule has 4 heteroatoms. The number of furan rings is 1. The van der Waals surface area contributed by atoms with Crippen molar-refractivity contribution in [3.05, 3.63) is 64.1 Å². The zero-order chi connectivity index (χ0) is 16.6. The molecule has 3 rings (SSSR count). The van der Waals surface area contributed by atoms with Crippen LogP contribution in [0.3, 0.4) is 0 Å². The van der Waals surface area contributed by atoms with Crippen molar-refractivity contribution in [1.82, 2.24) is 0 Å². The Morgan fingerprint density at radius 1 is 1.13 bits per heavy atom. The number of Topliss-reactive ketones (excluding diaryl/α,β-unsaturated/α-hetero) is 1. The highest BCUT2D eigenvalue weighted by atomic mass is 16.3. The van der Waals surface area contributed by atoms with Crippen molar-refractivity contribution in [1.29, 1.82) is 0 Å². The molecule has 0 aliphatic heterocycles. The molecule has 1 heterocycles. The highest BCUT2D eigenvalue weighted by molar-refractivity contribution is 6.24. The van der Waals surface area contributed by atoms with Crippen LogP contribution in [0.1, 0.15) is 57.6 Å². The van der Waals surface area contributed by atoms with Gasteiger partial charge in [-0.1, -0.05) is 25.5 Å². The Labute approximate surface area is 134 Å². The van der Waals surface area contributed by atoms with Crippen LogP contribution in [-0.2, 0) is 6.42 Å². The van der Waals surface area contributed by atoms with Gasteiger partial charge in [0.2, 0.25) is 5.78 Å². The number of rotatable bonds is 4. The van der Waals surface area contributed by atoms with Gasteiger partial charge >= 0.3 is 0 Å². The number of phenolic OH excluding ortho intramolecular Hbond substituents is 1. The molecule has 23 heavy (non-hydrogen) atoms. The van der Waals surface area contributed by atoms with Crippen LogP contribution in [0.25, 0.3) is 0 Å². The first kappa shape index (κ1) is 15.3. The molecule has 118 valence electrons. The fourth-order valence-corrected chi connectivity index (χ4v) is 2.88. The summed E-state index contributed by atoms with van der Waals surface area (Å²) in [5.74, 6) is 0.639. The van der Waals surface area contributed by atoms with E-state index in [0.29, 0.717) is 29.7 Å². The van der Waals surface area contributed by atoms with Gasteiger partial charge in [-0.25, -0.2) is 0 Å². The van der Waals surface area contributed by atoms with Crippen LogP contribution >= 0.6 is 0 Å². The van der Waals surface area contributed by atoms with E-state index in [-0.39, 0.29) is 23.1 Å². The number of phenols is 1. The molecule has 0 atom stereocenters. The predicted molar refractivity (Wildman–Crippen MR) is 86.0 cm³/mol. The summed E-state index contributed by atoms with van der Waals surface area (Å²) in [6.45, 7) is 3.80. The van der Waals surface area contributed by atoms with Crippen molar-refractivity contribution >= 4 is 11.6 Å². The third-order valence-electron chi connectivity index (χ3n) is 4.11. The van der Waals surface area contributed by atoms with Gasteiger partial charge in [0.25, 0.3) is 0 Å². The molecule has 0 spiro atoms. The second-order valence-electron chi connectivity index (χ2n) is 5.81. The molecule has 0 saturated heterocycles. The average molecular weight is 310 g/mol. The summed E-state index contributed by atoms with van der Waals surface area (Å²) >= 11 is 0. The van der Waals surface area contributed by atoms with Gasteiger partial charge in [-0.15, -0.1) is 0 Å². The van der Waals surface area contributed by atoms with Crippen LogP contribution in [-0.4, -0.2) is 16.7 Å². The minimum absolute atomic E-state index is 0.0975. The maximum Gasteiger partial charge on any atom is 0.222 e. The Bertz CT molecular complexity index is 807. The molecule has 0 amide bonds. The van der Waals surface area contributed by atoms with Crippen molar-refractivity contribution in [2.45, 2.75) is 33.1 Å². The Morgan fingerprint density at radius 3 is 2.48 bits per heavy atom. The number of benzene rings is 1. The van der Waals surface area contributed by atoms with Crippen LogP contribution in [0.4, 0.5) is 0 Å². The number of carbonyl (C=O) groups excluding carboxylic acids is 2. The molecule has 1 aliphatic rings. The SMILES string of the molecule is CCCC1=CC(=O)c2oc(Cc3ccc(O)cc3)c(C)c2C1=O. The largest absolute Gasteiger partial charge is 0.508 e. The van der Waals surface area contributed by atoms with Crippen molar-refractivity contribution in [3.8, 4) is 5.75 Å². The molecule has 0 bridgehead atoms. The van der Waals surface area contributed by atoms with E-state index in [2.05, 4.69) is 0 Å². The Kier molecular flexibility index (Phi) is 3.90. The summed E-state index contributed by atoms with van der Waals surface area (Å²) in [5.41, 5.74) is 2.64. The van der Waals surface area contributed by atoms with Gasteiger partial charge in [-0.05, 0) is 37.1 Å². The fourth-order valence-electron chi connectivity index (χ4n) is 2.88. The molecule has 1 aromatic heterocycles. The first-order chi connectivity index (χ1) is 11.0. The van der Waals surface area contributed by atoms with Crippen molar-refractivity contribution in [2.24, 2.45) is 0 Å². The van der Waals surface area contributed by atoms with E-state index in [4.69, 9.17) is 4.42 Å². The minimum atomic E-state index is -0.233. The minimum Gasteiger partial charge on any atom is -0.508 e. The van der Waals surface area contributed by atoms with Gasteiger partial charge in [0, 0.05) is 17.6 Å². The summed E-state index contributed by atoms with van der Waals surface area (Å²) in [6.07, 6.45) is 3.30. The molecule has 1 aliphatic carbocycles. The van der Waals surface area contributed by atoms with E-state index < -0.39 is 0 Å². The van der Waals surface area contributed by atoms with E-state index in [0.717, 1.165) is 17.5 Å². The second-order valence-corrected chi connectivity index (χ2v) is 5.81. The molecular formula is C19H18O4. The topological polar surface area (TPSA) is 67.5 Å². The van der Waals surface area contributed by atoms with Gasteiger partial charge in [-0.2, -0.15) is 0 Å². The Morgan fingerprint density at radius 2 is 1.83 bits per heavy atom. The lowest BCUT2D eigenvalue weighted by Gasteiger charge is -2.10. The highest BCUT2D eigenvalue weighted by Crippen LogP contribution is 2.32. The third kappa shape index (κ3) is 2.72. The van der Waals surface area contributed by atoms with Gasteiger partial charge in [-0.3, -0.25) is 9.59 Å². The summed E-state index contributed by atoms with van der Waals surface area (Å²) in [5, 5.41) is 9.34. The molecule has 0 fully saturated rings. The third-order valence-corrected chi connectivity index (χ3v) is 4.11. The van der Waals surface area contributed by atoms with Crippen LogP contribution < -0.4 is 0 Å². The lowest BCUT2D eigenvalue weighted by molar-refractivity contribution is 0.0963. The summed E-state index contributed by atoms with van der Waals surface area (Å²) in [7, 11) is 0. The highest BCUT2D eigenvalue weighted by Gasteiger charge is 2.32. The molecule has 2 aromatic rings. The lowest BCUT2D eigenvalue weighted by atomic mass is 9.89. The maximum absolute atomic E-state index is 12.6. The summed E-state index contributed by atoms with van der Waals surface area (Å²) in [4.78, 5) is 24.8. The van der Waals surface area contributed by atoms with Gasteiger partial charge in [0.1, 0.15) is 11.5 Å². The number of aromatic hydroxyl groups is 1. The van der Waals surface area contributed by atoms with Gasteiger partial charge in [0.15, 0.2) is 11.5 Å². The normalized spacial score (nSPS) is 13.9. The number of carbonyl (C=O) groups is 2. The number of allylic oxidation sites excluding steroid dienone is 2. The maximum atomic E-state index is 12.6. The number of ketones is 2. The molecule has 1 aromatic carbocycles. The van der Waals surface area contributed by atoms with Crippen molar-refractivity contribution < 1.29 is 19.1 Å². The van der Waals surface area contributed by atoms with Crippen LogP contribution in [0.2, 0.25) is 0 Å². The van der Waals surface area contributed by atoms with Crippen molar-refractivity contribution in [2.75, 3.05) is 0 Å². The average Bonchev–Trinajstić information content (AvgIpc) is 2.85. The number of fused-ring (bicyclic) bond motifs is 1. The number of hydrogen-bond donors (Lipinski definition) is 1. The monoisotopic (exact) mass is 310 g/mol. The predicted octanol–water partition coefficient (Wildman–Crippen LogP) is 3.99. The zero-order valence-electron chi connectivity index (χ0n) is 13.2. The van der Waals surface area contributed by atoms with E-state index in [9.17, 15) is 14.7 Å². The molecule has 0 radical (unpaired) electrons. The van der Waals surface area contributed by atoms with Crippen LogP contribution in [0.15, 0.2) is 40.3 Å². The smallest absolute Gasteiger partial charge is 0.222 e. The first-order valence-corrected chi connectivity index (χ1v) is 7.71. The number of hydrogen-bond acceptors (Lipinski definition) is 4. The standard InChI is InChI=1S/C19H18O4/c1-3-4-13-10-15(21)19-17(18(13)22)11(2)16(23-19)9-12-5-7-14(20)8-6-12/h5-8,10,20H,3-4,9H2,1-2H3. The first-order valence-electron chi connectivity index (χ1n) is 7.71. The van der Waals surface area contributed by atoms with Crippen LogP contribution in [0.5, 0.6) is 5.75 Å². The van der Waals surface area contributed by atoms with Gasteiger partial charge in [0.05, 0.1) is 5.56 Å². The van der Waals surface area contributed by atoms with E-state index in [1.807, 2.05) is 13.8 Å². The molecule has 1 N–H and O–H groups in total. The van der Waals surface area contributed by atoms with Crippen molar-refractivity contribution in [3.63, 3.8) is 0 Å². The summed E-state index contributed by atoms with van der Waals surface area (Å²) in [6, 6.07) is 6.79. The molecular weight excluding hydrogens is 292 g/mol. The van der Waals surface area contributed by atoms with Gasteiger partial charge < -0.3 is 9.52 Å². The molecule has 0 unspecified atom stereocenters. The fraction of sp³-hybridized carbons (Fsp3) is 0.263. The Hall–Kier alpha value is -2.62. The van der Waals surface area contributed by atoms with E-state index >= 15 is 0 Å². The molecule has 0 saturated carbocycles. The zero-order valence-corrected chi connectivity index (χ0v) is 13.2. The quantitative estimate of drug-likeness (QED) is 0.927. The van der Waals surface area contributed by atoms with E-state index in [1.54, 1.807) is 24.3 Å². The Balaban J connectivity index is 1.97.